The lowest BCUT2D eigenvalue weighted by Gasteiger charge is -2.25. The molecule has 52 heavy (non-hydrogen) atoms. The molecule has 0 bridgehead atoms. The SMILES string of the molecule is CC(C)COCCOCCOCCOCCOCCN(CCCCCc1ccc2c(n1)NCCC2)CC[C@H](Nc1ncnc2ccccc12)C(=O)O. The van der Waals surface area contributed by atoms with E-state index >= 15 is 0 Å². The molecule has 0 saturated carbocycles. The molecule has 2 aromatic heterocycles. The minimum absolute atomic E-state index is 0.416. The number of rotatable bonds is 29. The van der Waals surface area contributed by atoms with E-state index < -0.39 is 12.0 Å². The number of aryl methyl sites for hydroxylation is 2. The van der Waals surface area contributed by atoms with Crippen molar-refractivity contribution in [3.8, 4) is 0 Å². The van der Waals surface area contributed by atoms with Gasteiger partial charge in [-0.25, -0.2) is 19.7 Å². The number of anilines is 2. The molecule has 4 rings (SSSR count). The summed E-state index contributed by atoms with van der Waals surface area (Å²) < 4.78 is 28.1. The van der Waals surface area contributed by atoms with Gasteiger partial charge in [0.1, 0.15) is 24.0 Å². The molecule has 3 heterocycles. The average molecular weight is 725 g/mol. The molecule has 1 aliphatic rings. The molecule has 0 amide bonds. The van der Waals surface area contributed by atoms with Crippen molar-refractivity contribution in [1.82, 2.24) is 19.9 Å². The number of fused-ring (bicyclic) bond motifs is 2. The molecular weight excluding hydrogens is 664 g/mol. The molecule has 1 aliphatic heterocycles. The minimum atomic E-state index is -0.911. The number of carboxylic acid groups (broad SMARTS) is 1. The summed E-state index contributed by atoms with van der Waals surface area (Å²) in [5.41, 5.74) is 3.21. The molecular formula is C39H60N6O7. The van der Waals surface area contributed by atoms with Gasteiger partial charge in [0.15, 0.2) is 0 Å². The maximum absolute atomic E-state index is 12.3. The van der Waals surface area contributed by atoms with Crippen molar-refractivity contribution >= 4 is 28.5 Å². The van der Waals surface area contributed by atoms with E-state index in [-0.39, 0.29) is 0 Å². The van der Waals surface area contributed by atoms with Crippen LogP contribution < -0.4 is 10.6 Å². The lowest BCUT2D eigenvalue weighted by atomic mass is 10.1. The predicted molar refractivity (Wildman–Crippen MR) is 203 cm³/mol. The van der Waals surface area contributed by atoms with Gasteiger partial charge in [0.05, 0.1) is 65.0 Å². The first-order chi connectivity index (χ1) is 25.5. The molecule has 3 aromatic rings. The van der Waals surface area contributed by atoms with Crippen molar-refractivity contribution in [1.29, 1.82) is 0 Å². The second kappa shape index (κ2) is 24.7. The second-order valence-corrected chi connectivity index (χ2v) is 13.5. The van der Waals surface area contributed by atoms with Gasteiger partial charge in [0, 0.05) is 37.3 Å². The monoisotopic (exact) mass is 724 g/mol. The normalized spacial score (nSPS) is 13.4. The van der Waals surface area contributed by atoms with E-state index in [1.807, 2.05) is 24.3 Å². The zero-order valence-corrected chi connectivity index (χ0v) is 31.2. The molecule has 0 spiro atoms. The fourth-order valence-electron chi connectivity index (χ4n) is 5.91. The first-order valence-electron chi connectivity index (χ1n) is 19.0. The van der Waals surface area contributed by atoms with Gasteiger partial charge in [-0.1, -0.05) is 38.5 Å². The number of benzene rings is 1. The number of ether oxygens (including phenoxy) is 5. The van der Waals surface area contributed by atoms with E-state index in [0.717, 1.165) is 80.6 Å². The molecule has 0 saturated heterocycles. The highest BCUT2D eigenvalue weighted by atomic mass is 16.6. The van der Waals surface area contributed by atoms with E-state index in [2.05, 4.69) is 51.5 Å². The Labute approximate surface area is 309 Å². The van der Waals surface area contributed by atoms with Crippen molar-refractivity contribution in [2.45, 2.75) is 64.8 Å². The fourth-order valence-corrected chi connectivity index (χ4v) is 5.91. The van der Waals surface area contributed by atoms with Gasteiger partial charge in [0.25, 0.3) is 0 Å². The van der Waals surface area contributed by atoms with Gasteiger partial charge < -0.3 is 44.3 Å². The Morgan fingerprint density at radius 1 is 0.846 bits per heavy atom. The Morgan fingerprint density at radius 3 is 2.29 bits per heavy atom. The second-order valence-electron chi connectivity index (χ2n) is 13.5. The molecule has 0 unspecified atom stereocenters. The highest BCUT2D eigenvalue weighted by molar-refractivity contribution is 5.90. The number of para-hydroxylation sites is 1. The lowest BCUT2D eigenvalue weighted by Crippen LogP contribution is -2.37. The summed E-state index contributed by atoms with van der Waals surface area (Å²) >= 11 is 0. The lowest BCUT2D eigenvalue weighted by molar-refractivity contribution is -0.138. The smallest absolute Gasteiger partial charge is 0.326 e. The molecule has 0 radical (unpaired) electrons. The molecule has 13 heteroatoms. The van der Waals surface area contributed by atoms with Crippen LogP contribution in [-0.4, -0.2) is 129 Å². The van der Waals surface area contributed by atoms with E-state index in [1.54, 1.807) is 0 Å². The van der Waals surface area contributed by atoms with E-state index in [1.165, 1.54) is 11.9 Å². The van der Waals surface area contributed by atoms with E-state index in [4.69, 9.17) is 28.7 Å². The van der Waals surface area contributed by atoms with Gasteiger partial charge in [-0.15, -0.1) is 0 Å². The largest absolute Gasteiger partial charge is 0.480 e. The van der Waals surface area contributed by atoms with Crippen LogP contribution in [0.4, 0.5) is 11.6 Å². The number of pyridine rings is 1. The Bertz CT molecular complexity index is 1430. The number of aliphatic carboxylic acids is 1. The maximum atomic E-state index is 12.3. The highest BCUT2D eigenvalue weighted by Crippen LogP contribution is 2.21. The number of hydrogen-bond donors (Lipinski definition) is 3. The fraction of sp³-hybridized carbons (Fsp3) is 0.641. The number of carboxylic acids is 1. The molecule has 3 N–H and O–H groups in total. The first kappa shape index (κ1) is 41.3. The first-order valence-corrected chi connectivity index (χ1v) is 19.0. The average Bonchev–Trinajstić information content (AvgIpc) is 3.15. The number of unbranched alkanes of at least 4 members (excludes halogenated alkanes) is 2. The standard InChI is InChI=1S/C39H60N6O7/c1-31(2)29-52-28-27-51-26-25-50-24-23-49-22-21-48-20-19-45(17-7-3-4-10-33-14-13-32-9-8-16-40-37(32)43-33)18-15-36(39(46)47)44-38-34-11-5-6-12-35(34)41-30-42-38/h5-6,11-14,30-31,36H,3-4,7-10,15-29H2,1-2H3,(H,40,43)(H,46,47)(H,41,42,44)/t36-/m0/s1. The number of aromatic nitrogens is 3. The highest BCUT2D eigenvalue weighted by Gasteiger charge is 2.20. The summed E-state index contributed by atoms with van der Waals surface area (Å²) in [5, 5.41) is 17.5. The van der Waals surface area contributed by atoms with Crippen molar-refractivity contribution in [3.63, 3.8) is 0 Å². The molecule has 1 atom stereocenters. The summed E-state index contributed by atoms with van der Waals surface area (Å²) in [5.74, 6) is 1.19. The van der Waals surface area contributed by atoms with Crippen LogP contribution in [-0.2, 0) is 41.3 Å². The zero-order valence-electron chi connectivity index (χ0n) is 31.2. The number of carbonyl (C=O) groups is 1. The zero-order chi connectivity index (χ0) is 36.6. The summed E-state index contributed by atoms with van der Waals surface area (Å²) in [6.07, 6.45) is 8.20. The van der Waals surface area contributed by atoms with Crippen molar-refractivity contribution in [3.05, 3.63) is 54.0 Å². The summed E-state index contributed by atoms with van der Waals surface area (Å²) in [7, 11) is 0. The third-order valence-corrected chi connectivity index (χ3v) is 8.74. The number of hydrogen-bond acceptors (Lipinski definition) is 12. The van der Waals surface area contributed by atoms with Crippen LogP contribution in [0.15, 0.2) is 42.7 Å². The Balaban J connectivity index is 1.14. The third-order valence-electron chi connectivity index (χ3n) is 8.74. The van der Waals surface area contributed by atoms with Gasteiger partial charge in [-0.05, 0) is 74.8 Å². The molecule has 13 nitrogen and oxygen atoms in total. The van der Waals surface area contributed by atoms with Gasteiger partial charge in [0.2, 0.25) is 0 Å². The third kappa shape index (κ3) is 16.1. The number of nitrogens with one attached hydrogen (secondary N) is 2. The Morgan fingerprint density at radius 2 is 1.56 bits per heavy atom. The quantitative estimate of drug-likeness (QED) is 0.0817. The van der Waals surface area contributed by atoms with Crippen molar-refractivity contribution in [2.24, 2.45) is 5.92 Å². The van der Waals surface area contributed by atoms with E-state index in [0.29, 0.717) is 90.7 Å². The summed E-state index contributed by atoms with van der Waals surface area (Å²) in [6, 6.07) is 11.2. The van der Waals surface area contributed by atoms with E-state index in [9.17, 15) is 9.90 Å². The van der Waals surface area contributed by atoms with Crippen LogP contribution in [0.3, 0.4) is 0 Å². The van der Waals surface area contributed by atoms with Crippen LogP contribution in [0.1, 0.15) is 57.2 Å². The van der Waals surface area contributed by atoms with Gasteiger partial charge in [-0.2, -0.15) is 0 Å². The molecule has 0 fully saturated rings. The molecule has 1 aromatic carbocycles. The summed E-state index contributed by atoms with van der Waals surface area (Å²) in [6.45, 7) is 12.9. The van der Waals surface area contributed by atoms with Crippen LogP contribution in [0, 0.1) is 5.92 Å². The van der Waals surface area contributed by atoms with Crippen molar-refractivity contribution in [2.75, 3.05) is 103 Å². The topological polar surface area (TPSA) is 149 Å². The summed E-state index contributed by atoms with van der Waals surface area (Å²) in [4.78, 5) is 28.1. The molecule has 0 aliphatic carbocycles. The van der Waals surface area contributed by atoms with Crippen LogP contribution in [0.2, 0.25) is 0 Å². The van der Waals surface area contributed by atoms with Crippen LogP contribution in [0.25, 0.3) is 10.9 Å². The maximum Gasteiger partial charge on any atom is 0.326 e. The van der Waals surface area contributed by atoms with Crippen LogP contribution >= 0.6 is 0 Å². The van der Waals surface area contributed by atoms with Crippen molar-refractivity contribution < 1.29 is 33.6 Å². The minimum Gasteiger partial charge on any atom is -0.480 e. The Hall–Kier alpha value is -3.46. The number of nitrogens with zero attached hydrogens (tertiary/aromatic N) is 4. The van der Waals surface area contributed by atoms with Crippen LogP contribution in [0.5, 0.6) is 0 Å². The Kier molecular flexibility index (Phi) is 19.6. The molecule has 288 valence electrons. The van der Waals surface area contributed by atoms with Gasteiger partial charge in [-0.3, -0.25) is 0 Å². The van der Waals surface area contributed by atoms with Gasteiger partial charge >= 0.3 is 5.97 Å². The predicted octanol–water partition coefficient (Wildman–Crippen LogP) is 5.09.